The first-order valence-electron chi connectivity index (χ1n) is 9.69. The third kappa shape index (κ3) is 4.53. The van der Waals surface area contributed by atoms with Crippen LogP contribution in [-0.4, -0.2) is 24.1 Å². The van der Waals surface area contributed by atoms with Crippen molar-refractivity contribution in [2.45, 2.75) is 71.5 Å². The van der Waals surface area contributed by atoms with Gasteiger partial charge in [-0.2, -0.15) is 0 Å². The molecule has 25 heavy (non-hydrogen) atoms. The highest BCUT2D eigenvalue weighted by Gasteiger charge is 2.35. The molecule has 4 heteroatoms. The van der Waals surface area contributed by atoms with E-state index in [0.717, 1.165) is 12.8 Å². The van der Waals surface area contributed by atoms with E-state index in [-0.39, 0.29) is 30.6 Å². The highest BCUT2D eigenvalue weighted by atomic mass is 16.6. The lowest BCUT2D eigenvalue weighted by molar-refractivity contribution is -0.168. The van der Waals surface area contributed by atoms with E-state index in [1.54, 1.807) is 0 Å². The largest absolute Gasteiger partial charge is 0.462 e. The van der Waals surface area contributed by atoms with Gasteiger partial charge in [0, 0.05) is 13.3 Å². The van der Waals surface area contributed by atoms with Gasteiger partial charge in [0.2, 0.25) is 0 Å². The molecule has 1 fully saturated rings. The molecule has 0 N–H and O–H groups in total. The van der Waals surface area contributed by atoms with Crippen LogP contribution >= 0.6 is 0 Å². The fraction of sp³-hybridized carbons (Fsp3) is 0.714. The lowest BCUT2D eigenvalue weighted by atomic mass is 9.66. The summed E-state index contributed by atoms with van der Waals surface area (Å²) in [6.07, 6.45) is 11.9. The molecule has 2 aliphatic carbocycles. The van der Waals surface area contributed by atoms with Crippen LogP contribution in [0.15, 0.2) is 23.8 Å². The zero-order valence-corrected chi connectivity index (χ0v) is 15.6. The topological polar surface area (TPSA) is 52.6 Å². The molecule has 0 aromatic carbocycles. The smallest absolute Gasteiger partial charge is 0.309 e. The van der Waals surface area contributed by atoms with Crippen molar-refractivity contribution in [1.82, 2.24) is 0 Å². The summed E-state index contributed by atoms with van der Waals surface area (Å²) >= 11 is 0. The third-order valence-electron chi connectivity index (χ3n) is 6.00. The number of carbonyl (C=O) groups is 2. The average Bonchev–Trinajstić information content (AvgIpc) is 2.53. The summed E-state index contributed by atoms with van der Waals surface area (Å²) in [6.45, 7) is 5.98. The minimum atomic E-state index is -0.324. The van der Waals surface area contributed by atoms with E-state index in [0.29, 0.717) is 30.1 Å². The fourth-order valence-electron chi connectivity index (χ4n) is 4.75. The van der Waals surface area contributed by atoms with Gasteiger partial charge in [0.15, 0.2) is 0 Å². The molecule has 138 valence electrons. The molecule has 3 aliphatic rings. The van der Waals surface area contributed by atoms with Gasteiger partial charge in [0.05, 0.1) is 6.42 Å². The molecule has 0 radical (unpaired) electrons. The van der Waals surface area contributed by atoms with Gasteiger partial charge in [-0.25, -0.2) is 0 Å². The van der Waals surface area contributed by atoms with Crippen LogP contribution in [0.3, 0.4) is 0 Å². The Balaban J connectivity index is 1.60. The van der Waals surface area contributed by atoms with Crippen LogP contribution in [0.5, 0.6) is 0 Å². The Hall–Kier alpha value is -1.58. The van der Waals surface area contributed by atoms with Crippen molar-refractivity contribution in [1.29, 1.82) is 0 Å². The molecule has 3 rings (SSSR count). The van der Waals surface area contributed by atoms with Gasteiger partial charge < -0.3 is 9.47 Å². The van der Waals surface area contributed by atoms with E-state index in [2.05, 4.69) is 32.1 Å². The fourth-order valence-corrected chi connectivity index (χ4v) is 4.75. The van der Waals surface area contributed by atoms with Gasteiger partial charge >= 0.3 is 11.9 Å². The number of cyclic esters (lactones) is 1. The van der Waals surface area contributed by atoms with E-state index in [1.807, 2.05) is 0 Å². The highest BCUT2D eigenvalue weighted by Crippen LogP contribution is 2.43. The molecule has 1 heterocycles. The first-order chi connectivity index (χ1) is 11.9. The summed E-state index contributed by atoms with van der Waals surface area (Å²) in [5.74, 6) is 1.91. The van der Waals surface area contributed by atoms with Crippen LogP contribution in [-0.2, 0) is 19.1 Å². The van der Waals surface area contributed by atoms with Gasteiger partial charge in [0.25, 0.3) is 0 Å². The van der Waals surface area contributed by atoms with Gasteiger partial charge in [-0.3, -0.25) is 9.59 Å². The number of rotatable bonds is 4. The molecule has 1 saturated heterocycles. The van der Waals surface area contributed by atoms with Crippen molar-refractivity contribution in [3.63, 3.8) is 0 Å². The minimum absolute atomic E-state index is 0.126. The zero-order valence-electron chi connectivity index (χ0n) is 15.6. The van der Waals surface area contributed by atoms with Gasteiger partial charge in [-0.1, -0.05) is 32.1 Å². The number of carbonyl (C=O) groups excluding carboxylic acids is 2. The van der Waals surface area contributed by atoms with Crippen LogP contribution < -0.4 is 0 Å². The first-order valence-corrected chi connectivity index (χ1v) is 9.69. The van der Waals surface area contributed by atoms with Crippen molar-refractivity contribution in [3.05, 3.63) is 23.8 Å². The molecule has 0 amide bonds. The number of hydrogen-bond acceptors (Lipinski definition) is 4. The quantitative estimate of drug-likeness (QED) is 0.716. The van der Waals surface area contributed by atoms with Gasteiger partial charge in [-0.05, 0) is 54.9 Å². The molecule has 0 bridgehead atoms. The van der Waals surface area contributed by atoms with Gasteiger partial charge in [-0.15, -0.1) is 0 Å². The van der Waals surface area contributed by atoms with Crippen LogP contribution in [0, 0.1) is 23.7 Å². The maximum atomic E-state index is 11.8. The van der Waals surface area contributed by atoms with Crippen molar-refractivity contribution >= 4 is 11.9 Å². The molecule has 1 unspecified atom stereocenters. The zero-order chi connectivity index (χ0) is 18.0. The maximum absolute atomic E-state index is 11.8. The number of ether oxygens (including phenoxy) is 2. The second-order valence-electron chi connectivity index (χ2n) is 8.07. The predicted molar refractivity (Wildman–Crippen MR) is 95.7 cm³/mol. The van der Waals surface area contributed by atoms with Crippen molar-refractivity contribution in [3.8, 4) is 0 Å². The Morgan fingerprint density at radius 2 is 2.08 bits per heavy atom. The van der Waals surface area contributed by atoms with Crippen LogP contribution in [0.25, 0.3) is 0 Å². The van der Waals surface area contributed by atoms with Crippen molar-refractivity contribution in [2.24, 2.45) is 23.7 Å². The number of fused-ring (bicyclic) bond motifs is 1. The second-order valence-corrected chi connectivity index (χ2v) is 8.07. The molecular formula is C21H30O4. The minimum Gasteiger partial charge on any atom is -0.462 e. The number of esters is 2. The Kier molecular flexibility index (Phi) is 5.65. The Morgan fingerprint density at radius 3 is 2.84 bits per heavy atom. The summed E-state index contributed by atoms with van der Waals surface area (Å²) in [6, 6.07) is 0. The Bertz CT molecular complexity index is 574. The average molecular weight is 346 g/mol. The van der Waals surface area contributed by atoms with E-state index in [4.69, 9.17) is 9.47 Å². The second kappa shape index (κ2) is 7.76. The Morgan fingerprint density at radius 1 is 1.28 bits per heavy atom. The number of hydrogen-bond donors (Lipinski definition) is 0. The molecular weight excluding hydrogens is 316 g/mol. The van der Waals surface area contributed by atoms with E-state index in [9.17, 15) is 9.59 Å². The predicted octanol–water partition coefficient (Wildman–Crippen LogP) is 4.20. The molecule has 4 nitrogen and oxygen atoms in total. The van der Waals surface area contributed by atoms with Gasteiger partial charge in [0.1, 0.15) is 12.2 Å². The monoisotopic (exact) mass is 346 g/mol. The standard InChI is InChI=1S/C21H30O4/c1-13-4-8-20-16(10-13)6-5-14(2)19(20)9-7-17-11-18(24-15(3)22)12-21(23)25-17/h5-6,10,13-14,17-20H,4,7-9,11-12H2,1-3H3/t13-,14+,17-,18-,19+,20?/m1/s1. The first kappa shape index (κ1) is 18.2. The van der Waals surface area contributed by atoms with Crippen LogP contribution in [0.4, 0.5) is 0 Å². The van der Waals surface area contributed by atoms with Crippen LogP contribution in [0.2, 0.25) is 0 Å². The molecule has 0 spiro atoms. The van der Waals surface area contributed by atoms with E-state index < -0.39 is 0 Å². The summed E-state index contributed by atoms with van der Waals surface area (Å²) in [7, 11) is 0. The molecule has 0 aromatic rings. The molecule has 6 atom stereocenters. The Labute approximate surface area is 150 Å². The van der Waals surface area contributed by atoms with E-state index in [1.165, 1.54) is 25.3 Å². The lowest BCUT2D eigenvalue weighted by Crippen LogP contribution is -2.36. The highest BCUT2D eigenvalue weighted by molar-refractivity contribution is 5.72. The lowest BCUT2D eigenvalue weighted by Gasteiger charge is -2.39. The third-order valence-corrected chi connectivity index (χ3v) is 6.00. The van der Waals surface area contributed by atoms with Crippen LogP contribution in [0.1, 0.15) is 59.3 Å². The molecule has 0 aromatic heterocycles. The SMILES string of the molecule is CC(=O)O[C@H]1CC(=O)O[C@H](CC[C@@H]2C3CC[C@@H](C)C=C3C=C[C@@H]2C)C1. The van der Waals surface area contributed by atoms with Crippen molar-refractivity contribution in [2.75, 3.05) is 0 Å². The maximum Gasteiger partial charge on any atom is 0.309 e. The molecule has 1 aliphatic heterocycles. The summed E-state index contributed by atoms with van der Waals surface area (Å²) in [5.41, 5.74) is 1.50. The van der Waals surface area contributed by atoms with E-state index >= 15 is 0 Å². The van der Waals surface area contributed by atoms with Crippen molar-refractivity contribution < 1.29 is 19.1 Å². The normalized spacial score (nSPS) is 37.7. The summed E-state index contributed by atoms with van der Waals surface area (Å²) < 4.78 is 10.8. The number of allylic oxidation sites excluding steroid dienone is 4. The molecule has 0 saturated carbocycles. The summed E-state index contributed by atoms with van der Waals surface area (Å²) in [5, 5.41) is 0. The summed E-state index contributed by atoms with van der Waals surface area (Å²) in [4.78, 5) is 23.0.